The van der Waals surface area contributed by atoms with Gasteiger partial charge in [-0.3, -0.25) is 4.79 Å². The zero-order valence-electron chi connectivity index (χ0n) is 9.80. The van der Waals surface area contributed by atoms with Crippen LogP contribution < -0.4 is 5.32 Å². The smallest absolute Gasteiger partial charge is 0.230 e. The van der Waals surface area contributed by atoms with Crippen molar-refractivity contribution in [3.05, 3.63) is 28.2 Å². The van der Waals surface area contributed by atoms with Gasteiger partial charge in [-0.1, -0.05) is 37.0 Å². The van der Waals surface area contributed by atoms with E-state index in [-0.39, 0.29) is 5.91 Å². The molecule has 0 heterocycles. The van der Waals surface area contributed by atoms with E-state index in [4.69, 9.17) is 23.2 Å². The Labute approximate surface area is 116 Å². The van der Waals surface area contributed by atoms with E-state index in [0.717, 1.165) is 4.90 Å². The molecule has 0 spiro atoms. The van der Waals surface area contributed by atoms with Crippen LogP contribution in [0.25, 0.3) is 0 Å². The van der Waals surface area contributed by atoms with Crippen LogP contribution >= 0.6 is 35.0 Å². The number of nitrogens with one attached hydrogen (secondary N) is 1. The van der Waals surface area contributed by atoms with E-state index in [2.05, 4.69) is 19.2 Å². The summed E-state index contributed by atoms with van der Waals surface area (Å²) in [5.41, 5.74) is 0. The first-order valence-electron chi connectivity index (χ1n) is 5.33. The zero-order chi connectivity index (χ0) is 12.8. The van der Waals surface area contributed by atoms with Gasteiger partial charge >= 0.3 is 0 Å². The number of rotatable bonds is 5. The summed E-state index contributed by atoms with van der Waals surface area (Å²) in [6.45, 7) is 4.81. The van der Waals surface area contributed by atoms with Crippen molar-refractivity contribution in [1.82, 2.24) is 5.32 Å². The number of benzene rings is 1. The quantitative estimate of drug-likeness (QED) is 0.835. The van der Waals surface area contributed by atoms with Gasteiger partial charge in [-0.25, -0.2) is 0 Å². The predicted molar refractivity (Wildman–Crippen MR) is 75.0 cm³/mol. The normalized spacial score (nSPS) is 10.6. The molecule has 0 unspecified atom stereocenters. The topological polar surface area (TPSA) is 29.1 Å². The van der Waals surface area contributed by atoms with Crippen molar-refractivity contribution >= 4 is 40.9 Å². The Morgan fingerprint density at radius 2 is 2.12 bits per heavy atom. The van der Waals surface area contributed by atoms with Crippen molar-refractivity contribution in [1.29, 1.82) is 0 Å². The van der Waals surface area contributed by atoms with E-state index < -0.39 is 0 Å². The summed E-state index contributed by atoms with van der Waals surface area (Å²) >= 11 is 13.3. The van der Waals surface area contributed by atoms with Gasteiger partial charge in [-0.15, -0.1) is 11.8 Å². The van der Waals surface area contributed by atoms with Crippen LogP contribution in [0.3, 0.4) is 0 Å². The highest BCUT2D eigenvalue weighted by Gasteiger charge is 2.06. The minimum atomic E-state index is 0.0137. The molecule has 0 fully saturated rings. The van der Waals surface area contributed by atoms with E-state index in [1.165, 1.54) is 11.8 Å². The summed E-state index contributed by atoms with van der Waals surface area (Å²) in [7, 11) is 0. The lowest BCUT2D eigenvalue weighted by atomic mass is 10.2. The van der Waals surface area contributed by atoms with Crippen LogP contribution in [-0.2, 0) is 4.79 Å². The van der Waals surface area contributed by atoms with E-state index in [9.17, 15) is 4.79 Å². The maximum atomic E-state index is 11.5. The van der Waals surface area contributed by atoms with Crippen molar-refractivity contribution < 1.29 is 4.79 Å². The fourth-order valence-electron chi connectivity index (χ4n) is 1.10. The van der Waals surface area contributed by atoms with Gasteiger partial charge in [0.1, 0.15) is 0 Å². The Morgan fingerprint density at radius 1 is 1.41 bits per heavy atom. The largest absolute Gasteiger partial charge is 0.355 e. The molecule has 94 valence electrons. The van der Waals surface area contributed by atoms with E-state index in [1.54, 1.807) is 18.2 Å². The zero-order valence-corrected chi connectivity index (χ0v) is 12.1. The Bertz CT molecular complexity index is 396. The standard InChI is InChI=1S/C12H15Cl2NOS/c1-8(2)6-15-12(16)7-17-11-5-9(13)3-4-10(11)14/h3-5,8H,6-7H2,1-2H3,(H,15,16). The lowest BCUT2D eigenvalue weighted by Gasteiger charge is -2.08. The summed E-state index contributed by atoms with van der Waals surface area (Å²) in [4.78, 5) is 12.3. The highest BCUT2D eigenvalue weighted by atomic mass is 35.5. The SMILES string of the molecule is CC(C)CNC(=O)CSc1cc(Cl)ccc1Cl. The number of amides is 1. The Balaban J connectivity index is 2.44. The lowest BCUT2D eigenvalue weighted by molar-refractivity contribution is -0.118. The molecule has 1 aromatic carbocycles. The molecular formula is C12H15Cl2NOS. The molecule has 0 radical (unpaired) electrons. The molecule has 1 rings (SSSR count). The summed E-state index contributed by atoms with van der Waals surface area (Å²) < 4.78 is 0. The van der Waals surface area contributed by atoms with Crippen LogP contribution in [0.5, 0.6) is 0 Å². The van der Waals surface area contributed by atoms with Gasteiger partial charge in [-0.05, 0) is 24.1 Å². The Morgan fingerprint density at radius 3 is 2.76 bits per heavy atom. The van der Waals surface area contributed by atoms with Crippen LogP contribution in [-0.4, -0.2) is 18.2 Å². The first-order chi connectivity index (χ1) is 7.99. The maximum Gasteiger partial charge on any atom is 0.230 e. The number of thioether (sulfide) groups is 1. The second-order valence-electron chi connectivity index (χ2n) is 4.06. The molecule has 0 saturated carbocycles. The van der Waals surface area contributed by atoms with Crippen LogP contribution in [0.4, 0.5) is 0 Å². The van der Waals surface area contributed by atoms with E-state index >= 15 is 0 Å². The van der Waals surface area contributed by atoms with Crippen LogP contribution in [0.2, 0.25) is 10.0 Å². The van der Waals surface area contributed by atoms with Crippen LogP contribution in [0.15, 0.2) is 23.1 Å². The number of carbonyl (C=O) groups is 1. The average molecular weight is 292 g/mol. The number of hydrogen-bond acceptors (Lipinski definition) is 2. The summed E-state index contributed by atoms with van der Waals surface area (Å²) in [6, 6.07) is 5.23. The number of hydrogen-bond donors (Lipinski definition) is 1. The minimum Gasteiger partial charge on any atom is -0.355 e. The molecule has 0 aliphatic rings. The number of carbonyl (C=O) groups excluding carboxylic acids is 1. The molecule has 0 atom stereocenters. The molecule has 17 heavy (non-hydrogen) atoms. The first-order valence-corrected chi connectivity index (χ1v) is 7.07. The van der Waals surface area contributed by atoms with Crippen molar-refractivity contribution in [2.45, 2.75) is 18.7 Å². The average Bonchev–Trinajstić information content (AvgIpc) is 2.27. The lowest BCUT2D eigenvalue weighted by Crippen LogP contribution is -2.28. The molecule has 0 aliphatic carbocycles. The Hall–Kier alpha value is -0.380. The van der Waals surface area contributed by atoms with Crippen LogP contribution in [0.1, 0.15) is 13.8 Å². The van der Waals surface area contributed by atoms with Gasteiger partial charge in [0.15, 0.2) is 0 Å². The van der Waals surface area contributed by atoms with Crippen molar-refractivity contribution in [2.75, 3.05) is 12.3 Å². The van der Waals surface area contributed by atoms with Crippen molar-refractivity contribution in [3.63, 3.8) is 0 Å². The highest BCUT2D eigenvalue weighted by Crippen LogP contribution is 2.29. The molecule has 0 saturated heterocycles. The minimum absolute atomic E-state index is 0.0137. The summed E-state index contributed by atoms with van der Waals surface area (Å²) in [5.74, 6) is 0.825. The predicted octanol–water partition coefficient (Wildman–Crippen LogP) is 3.86. The molecule has 0 aliphatic heterocycles. The van der Waals surface area contributed by atoms with Crippen molar-refractivity contribution in [2.24, 2.45) is 5.92 Å². The Kier molecular flexibility index (Phi) is 6.17. The van der Waals surface area contributed by atoms with Gasteiger partial charge in [0, 0.05) is 16.5 Å². The first kappa shape index (κ1) is 14.7. The van der Waals surface area contributed by atoms with Gasteiger partial charge in [-0.2, -0.15) is 0 Å². The summed E-state index contributed by atoms with van der Waals surface area (Å²) in [6.07, 6.45) is 0. The fraction of sp³-hybridized carbons (Fsp3) is 0.417. The maximum absolute atomic E-state index is 11.5. The molecule has 1 amide bonds. The van der Waals surface area contributed by atoms with Crippen LogP contribution in [0, 0.1) is 5.92 Å². The van der Waals surface area contributed by atoms with Crippen molar-refractivity contribution in [3.8, 4) is 0 Å². The second kappa shape index (κ2) is 7.14. The van der Waals surface area contributed by atoms with Gasteiger partial charge in [0.05, 0.1) is 10.8 Å². The number of halogens is 2. The molecule has 5 heteroatoms. The molecule has 1 aromatic rings. The third-order valence-electron chi connectivity index (χ3n) is 1.96. The second-order valence-corrected chi connectivity index (χ2v) is 5.92. The van der Waals surface area contributed by atoms with Gasteiger partial charge in [0.25, 0.3) is 0 Å². The summed E-state index contributed by atoms with van der Waals surface area (Å²) in [5, 5.41) is 4.10. The third-order valence-corrected chi connectivity index (χ3v) is 3.69. The molecule has 0 aromatic heterocycles. The molecule has 2 nitrogen and oxygen atoms in total. The third kappa shape index (κ3) is 5.66. The van der Waals surface area contributed by atoms with Gasteiger partial charge in [0.2, 0.25) is 5.91 Å². The molecule has 1 N–H and O–H groups in total. The molecule has 0 bridgehead atoms. The monoisotopic (exact) mass is 291 g/mol. The highest BCUT2D eigenvalue weighted by molar-refractivity contribution is 8.00. The molecular weight excluding hydrogens is 277 g/mol. The van der Waals surface area contributed by atoms with E-state index in [1.807, 2.05) is 0 Å². The van der Waals surface area contributed by atoms with Gasteiger partial charge < -0.3 is 5.32 Å². The van der Waals surface area contributed by atoms with E-state index in [0.29, 0.717) is 28.3 Å². The fourth-order valence-corrected chi connectivity index (χ4v) is 2.42.